The van der Waals surface area contributed by atoms with E-state index in [1.54, 1.807) is 0 Å². The Bertz CT molecular complexity index is 941. The van der Waals surface area contributed by atoms with Crippen LogP contribution in [-0.2, 0) is 21.9 Å². The zero-order chi connectivity index (χ0) is 16.8. The molecule has 0 N–H and O–H groups in total. The molecule has 124 valence electrons. The summed E-state index contributed by atoms with van der Waals surface area (Å²) in [6.07, 6.45) is 2.36. The number of nitrogens with zero attached hydrogens (tertiary/aromatic N) is 3. The first-order chi connectivity index (χ1) is 10.8. The highest BCUT2D eigenvalue weighted by Crippen LogP contribution is 2.22. The van der Waals surface area contributed by atoms with Gasteiger partial charge in [0, 0.05) is 13.6 Å². The monoisotopic (exact) mass is 353 g/mol. The molecule has 1 aromatic heterocycles. The second-order valence-corrected chi connectivity index (χ2v) is 8.79. The van der Waals surface area contributed by atoms with Gasteiger partial charge >= 0.3 is 0 Å². The minimum Gasteiger partial charge on any atom is -0.319 e. The van der Waals surface area contributed by atoms with Crippen LogP contribution in [0, 0.1) is 6.92 Å². The molecular weight excluding hydrogens is 334 g/mol. The van der Waals surface area contributed by atoms with E-state index in [0.29, 0.717) is 24.2 Å². The van der Waals surface area contributed by atoms with E-state index >= 15 is 0 Å². The Morgan fingerprint density at radius 3 is 2.78 bits per heavy atom. The number of carbonyl (C=O) groups is 1. The number of hydrogen-bond acceptors (Lipinski definition) is 4. The van der Waals surface area contributed by atoms with Crippen LogP contribution in [0.3, 0.4) is 0 Å². The van der Waals surface area contributed by atoms with Gasteiger partial charge in [-0.25, -0.2) is 8.42 Å². The van der Waals surface area contributed by atoms with E-state index in [0.717, 1.165) is 22.0 Å². The summed E-state index contributed by atoms with van der Waals surface area (Å²) in [7, 11) is -1.51. The Morgan fingerprint density at radius 1 is 1.39 bits per heavy atom. The van der Waals surface area contributed by atoms with Gasteiger partial charge < -0.3 is 4.57 Å². The van der Waals surface area contributed by atoms with Crippen molar-refractivity contribution in [1.82, 2.24) is 8.87 Å². The lowest BCUT2D eigenvalue weighted by Crippen LogP contribution is -2.39. The average molecular weight is 353 g/mol. The molecule has 1 aliphatic rings. The van der Waals surface area contributed by atoms with Gasteiger partial charge in [-0.05, 0) is 31.4 Å². The molecule has 2 heterocycles. The van der Waals surface area contributed by atoms with Crippen LogP contribution in [0.25, 0.3) is 10.2 Å². The van der Waals surface area contributed by atoms with E-state index in [4.69, 9.17) is 0 Å². The van der Waals surface area contributed by atoms with Gasteiger partial charge in [-0.15, -0.1) is 0 Å². The molecule has 1 unspecified atom stereocenters. The smallest absolute Gasteiger partial charge is 0.266 e. The largest absolute Gasteiger partial charge is 0.319 e. The summed E-state index contributed by atoms with van der Waals surface area (Å²) in [5, 5.41) is 0. The summed E-state index contributed by atoms with van der Waals surface area (Å²) in [5.74, 6) is -0.382. The zero-order valence-corrected chi connectivity index (χ0v) is 14.9. The average Bonchev–Trinajstić information content (AvgIpc) is 3.05. The third-order valence-corrected chi connectivity index (χ3v) is 6.53. The van der Waals surface area contributed by atoms with Crippen LogP contribution < -0.4 is 4.80 Å². The van der Waals surface area contributed by atoms with Gasteiger partial charge in [0.05, 0.1) is 16.5 Å². The fourth-order valence-electron chi connectivity index (χ4n) is 3.06. The SMILES string of the molecule is Cc1cccc2sc(=NC(=O)C3CCCN3S(C)(=O)=O)n(C)c12. The number of sulfonamides is 1. The zero-order valence-electron chi connectivity index (χ0n) is 13.3. The fourth-order valence-corrected chi connectivity index (χ4v) is 5.28. The summed E-state index contributed by atoms with van der Waals surface area (Å²) < 4.78 is 27.8. The maximum Gasteiger partial charge on any atom is 0.266 e. The molecule has 8 heteroatoms. The summed E-state index contributed by atoms with van der Waals surface area (Å²) in [5.41, 5.74) is 2.17. The lowest BCUT2D eigenvalue weighted by atomic mass is 10.2. The molecule has 1 amide bonds. The molecule has 6 nitrogen and oxygen atoms in total. The highest BCUT2D eigenvalue weighted by atomic mass is 32.2. The molecule has 0 radical (unpaired) electrons. The third kappa shape index (κ3) is 2.98. The van der Waals surface area contributed by atoms with Crippen LogP contribution >= 0.6 is 11.3 Å². The van der Waals surface area contributed by atoms with Gasteiger partial charge in [0.15, 0.2) is 4.80 Å². The molecule has 0 aliphatic carbocycles. The molecule has 23 heavy (non-hydrogen) atoms. The molecule has 1 fully saturated rings. The van der Waals surface area contributed by atoms with Crippen molar-refractivity contribution < 1.29 is 13.2 Å². The number of rotatable bonds is 2. The normalized spacial score (nSPS) is 20.5. The molecule has 1 atom stereocenters. The van der Waals surface area contributed by atoms with Crippen LogP contribution in [0.5, 0.6) is 0 Å². The van der Waals surface area contributed by atoms with Gasteiger partial charge in [0.1, 0.15) is 6.04 Å². The molecule has 1 aromatic carbocycles. The van der Waals surface area contributed by atoms with Crippen molar-refractivity contribution in [2.45, 2.75) is 25.8 Å². The van der Waals surface area contributed by atoms with E-state index in [2.05, 4.69) is 4.99 Å². The van der Waals surface area contributed by atoms with Crippen LogP contribution in [0.1, 0.15) is 18.4 Å². The molecule has 2 aromatic rings. The number of hydrogen-bond donors (Lipinski definition) is 0. The number of fused-ring (bicyclic) bond motifs is 1. The van der Waals surface area contributed by atoms with E-state index < -0.39 is 16.1 Å². The maximum atomic E-state index is 12.5. The van der Waals surface area contributed by atoms with E-state index in [9.17, 15) is 13.2 Å². The van der Waals surface area contributed by atoms with Gasteiger partial charge in [0.2, 0.25) is 10.0 Å². The maximum absolute atomic E-state index is 12.5. The minimum absolute atomic E-state index is 0.382. The van der Waals surface area contributed by atoms with Gasteiger partial charge in [-0.2, -0.15) is 9.30 Å². The second kappa shape index (κ2) is 5.85. The fraction of sp³-hybridized carbons (Fsp3) is 0.467. The van der Waals surface area contributed by atoms with Crippen LogP contribution in [0.15, 0.2) is 23.2 Å². The minimum atomic E-state index is -3.38. The standard InChI is InChI=1S/C15H19N3O3S2/c1-10-6-4-8-12-13(10)17(2)15(22-12)16-14(19)11-7-5-9-18(11)23(3,20)21/h4,6,8,11H,5,7,9H2,1-3H3. The van der Waals surface area contributed by atoms with Gasteiger partial charge in [-0.1, -0.05) is 23.5 Å². The van der Waals surface area contributed by atoms with E-state index in [1.165, 1.54) is 15.6 Å². The van der Waals surface area contributed by atoms with Crippen molar-refractivity contribution >= 4 is 37.5 Å². The molecule has 1 aliphatic heterocycles. The second-order valence-electron chi connectivity index (χ2n) is 5.85. The predicted molar refractivity (Wildman–Crippen MR) is 90.7 cm³/mol. The number of carbonyl (C=O) groups excluding carboxylic acids is 1. The predicted octanol–water partition coefficient (Wildman–Crippen LogP) is 1.40. The Hall–Kier alpha value is -1.51. The highest BCUT2D eigenvalue weighted by Gasteiger charge is 2.36. The van der Waals surface area contributed by atoms with Crippen molar-refractivity contribution in [3.63, 3.8) is 0 Å². The van der Waals surface area contributed by atoms with Gasteiger partial charge in [-0.3, -0.25) is 4.79 Å². The number of aryl methyl sites for hydroxylation is 2. The summed E-state index contributed by atoms with van der Waals surface area (Å²) >= 11 is 1.44. The van der Waals surface area contributed by atoms with Crippen LogP contribution in [-0.4, -0.2) is 42.0 Å². The Balaban J connectivity index is 2.03. The van der Waals surface area contributed by atoms with E-state index in [-0.39, 0.29) is 5.91 Å². The Kier molecular flexibility index (Phi) is 4.16. The Morgan fingerprint density at radius 2 is 2.13 bits per heavy atom. The van der Waals surface area contributed by atoms with Crippen molar-refractivity contribution in [2.75, 3.05) is 12.8 Å². The molecule has 3 rings (SSSR count). The lowest BCUT2D eigenvalue weighted by molar-refractivity contribution is -0.121. The van der Waals surface area contributed by atoms with Crippen molar-refractivity contribution in [3.8, 4) is 0 Å². The van der Waals surface area contributed by atoms with Crippen molar-refractivity contribution in [1.29, 1.82) is 0 Å². The number of para-hydroxylation sites is 1. The van der Waals surface area contributed by atoms with Gasteiger partial charge in [0.25, 0.3) is 5.91 Å². The number of amides is 1. The highest BCUT2D eigenvalue weighted by molar-refractivity contribution is 7.88. The number of thiazole rings is 1. The number of aromatic nitrogens is 1. The molecule has 0 bridgehead atoms. The topological polar surface area (TPSA) is 71.7 Å². The molecule has 0 spiro atoms. The summed E-state index contributed by atoms with van der Waals surface area (Å²) in [6, 6.07) is 5.32. The molecule has 0 saturated carbocycles. The summed E-state index contributed by atoms with van der Waals surface area (Å²) in [4.78, 5) is 17.3. The lowest BCUT2D eigenvalue weighted by Gasteiger charge is -2.18. The molecule has 1 saturated heterocycles. The first-order valence-corrected chi connectivity index (χ1v) is 10.1. The first kappa shape index (κ1) is 16.4. The first-order valence-electron chi connectivity index (χ1n) is 7.39. The van der Waals surface area contributed by atoms with Crippen LogP contribution in [0.4, 0.5) is 0 Å². The van der Waals surface area contributed by atoms with Crippen LogP contribution in [0.2, 0.25) is 0 Å². The number of benzene rings is 1. The Labute approximate surface area is 139 Å². The molecular formula is C15H19N3O3S2. The van der Waals surface area contributed by atoms with E-state index in [1.807, 2.05) is 36.7 Å². The third-order valence-electron chi connectivity index (χ3n) is 4.14. The summed E-state index contributed by atoms with van der Waals surface area (Å²) in [6.45, 7) is 2.41. The van der Waals surface area contributed by atoms with Crippen molar-refractivity contribution in [2.24, 2.45) is 12.0 Å². The quantitative estimate of drug-likeness (QED) is 0.819. The van der Waals surface area contributed by atoms with Crippen molar-refractivity contribution in [3.05, 3.63) is 28.6 Å².